The van der Waals surface area contributed by atoms with Gasteiger partial charge in [0.2, 0.25) is 0 Å². The average molecular weight is 296 g/mol. The van der Waals surface area contributed by atoms with Crippen molar-refractivity contribution in [3.05, 3.63) is 57.8 Å². The molecule has 0 aliphatic carbocycles. The third-order valence-electron chi connectivity index (χ3n) is 2.46. The van der Waals surface area contributed by atoms with Crippen molar-refractivity contribution in [2.45, 2.75) is 11.5 Å². The van der Waals surface area contributed by atoms with Crippen molar-refractivity contribution < 1.29 is 18.3 Å². The van der Waals surface area contributed by atoms with E-state index in [1.807, 2.05) is 6.07 Å². The number of benzene rings is 1. The smallest absolute Gasteiger partial charge is 0.345 e. The molecule has 0 spiro atoms. The molecule has 1 aromatic heterocycles. The molecule has 0 saturated carbocycles. The van der Waals surface area contributed by atoms with Crippen molar-refractivity contribution in [1.29, 1.82) is 0 Å². The zero-order valence-corrected chi connectivity index (χ0v) is 11.6. The normalized spacial score (nSPS) is 11.4. The molecule has 1 aromatic carbocycles. The number of hydrogen-bond donors (Lipinski definition) is 1. The van der Waals surface area contributed by atoms with Gasteiger partial charge in [0.15, 0.2) is 9.84 Å². The quantitative estimate of drug-likeness (QED) is 0.920. The molecule has 1 N–H and O–H groups in total. The van der Waals surface area contributed by atoms with Crippen molar-refractivity contribution in [3.63, 3.8) is 0 Å². The number of carboxylic acid groups (broad SMARTS) is 1. The molecule has 1 heterocycles. The van der Waals surface area contributed by atoms with E-state index in [0.29, 0.717) is 4.88 Å². The third kappa shape index (κ3) is 3.90. The molecule has 4 nitrogen and oxygen atoms in total. The number of thiophene rings is 1. The van der Waals surface area contributed by atoms with Gasteiger partial charge in [-0.15, -0.1) is 11.3 Å². The molecule has 6 heteroatoms. The summed E-state index contributed by atoms with van der Waals surface area (Å²) in [5.74, 6) is -1.19. The number of carboxylic acids is 1. The van der Waals surface area contributed by atoms with Crippen molar-refractivity contribution >= 4 is 27.1 Å². The minimum Gasteiger partial charge on any atom is -0.477 e. The van der Waals surface area contributed by atoms with Crippen molar-refractivity contribution in [3.8, 4) is 0 Å². The van der Waals surface area contributed by atoms with Crippen LogP contribution in [-0.2, 0) is 21.3 Å². The van der Waals surface area contributed by atoms with Gasteiger partial charge in [-0.3, -0.25) is 0 Å². The third-order valence-corrected chi connectivity index (χ3v) is 5.24. The first-order valence-corrected chi connectivity index (χ1v) is 8.16. The summed E-state index contributed by atoms with van der Waals surface area (Å²) >= 11 is 1.000. The van der Waals surface area contributed by atoms with E-state index in [-0.39, 0.29) is 16.4 Å². The highest BCUT2D eigenvalue weighted by Gasteiger charge is 2.16. The molecule has 0 aliphatic heterocycles. The maximum absolute atomic E-state index is 12.0. The van der Waals surface area contributed by atoms with Gasteiger partial charge < -0.3 is 5.11 Å². The summed E-state index contributed by atoms with van der Waals surface area (Å²) in [6, 6.07) is 11.9. The van der Waals surface area contributed by atoms with Crippen LogP contribution < -0.4 is 0 Å². The van der Waals surface area contributed by atoms with Crippen molar-refractivity contribution in [2.24, 2.45) is 0 Å². The Labute approximate surface area is 115 Å². The van der Waals surface area contributed by atoms with E-state index >= 15 is 0 Å². The second kappa shape index (κ2) is 5.54. The standard InChI is InChI=1S/C13H12O4S2/c14-13(15)12-7-6-11(18-12)9-19(16,17)8-10-4-2-1-3-5-10/h1-7H,8-9H2,(H,14,15). The number of carbonyl (C=O) groups is 1. The summed E-state index contributed by atoms with van der Waals surface area (Å²) in [7, 11) is -3.28. The molecular formula is C13H12O4S2. The second-order valence-electron chi connectivity index (χ2n) is 4.09. The maximum atomic E-state index is 12.0. The first-order chi connectivity index (χ1) is 8.96. The molecular weight excluding hydrogens is 284 g/mol. The zero-order valence-electron chi connectivity index (χ0n) is 9.94. The fourth-order valence-corrected chi connectivity index (χ4v) is 4.41. The lowest BCUT2D eigenvalue weighted by atomic mass is 10.2. The molecule has 2 rings (SSSR count). The highest BCUT2D eigenvalue weighted by molar-refractivity contribution is 7.90. The Kier molecular flexibility index (Phi) is 4.01. The summed E-state index contributed by atoms with van der Waals surface area (Å²) in [5, 5.41) is 8.79. The van der Waals surface area contributed by atoms with Crippen LogP contribution in [0.15, 0.2) is 42.5 Å². The molecule has 2 aromatic rings. The molecule has 100 valence electrons. The first-order valence-electron chi connectivity index (χ1n) is 5.53. The topological polar surface area (TPSA) is 71.4 Å². The lowest BCUT2D eigenvalue weighted by molar-refractivity contribution is 0.0702. The fraction of sp³-hybridized carbons (Fsp3) is 0.154. The summed E-state index contributed by atoms with van der Waals surface area (Å²) in [6.07, 6.45) is 0. The molecule has 0 atom stereocenters. The lowest BCUT2D eigenvalue weighted by Crippen LogP contribution is -2.06. The van der Waals surface area contributed by atoms with E-state index in [9.17, 15) is 13.2 Å². The molecule has 0 aliphatic rings. The lowest BCUT2D eigenvalue weighted by Gasteiger charge is -2.02. The molecule has 0 bridgehead atoms. The number of rotatable bonds is 5. The Morgan fingerprint density at radius 1 is 1.05 bits per heavy atom. The molecule has 0 fully saturated rings. The van der Waals surface area contributed by atoms with Crippen LogP contribution >= 0.6 is 11.3 Å². The van der Waals surface area contributed by atoms with Gasteiger partial charge in [0.25, 0.3) is 0 Å². The van der Waals surface area contributed by atoms with Gasteiger partial charge in [0.05, 0.1) is 11.5 Å². The van der Waals surface area contributed by atoms with Crippen LogP contribution in [0.1, 0.15) is 20.1 Å². The highest BCUT2D eigenvalue weighted by atomic mass is 32.2. The summed E-state index contributed by atoms with van der Waals surface area (Å²) in [5.41, 5.74) is 0.734. The summed E-state index contributed by atoms with van der Waals surface area (Å²) in [4.78, 5) is 11.4. The van der Waals surface area contributed by atoms with Gasteiger partial charge in [-0.1, -0.05) is 30.3 Å². The molecule has 0 saturated heterocycles. The molecule has 0 radical (unpaired) electrons. The van der Waals surface area contributed by atoms with E-state index in [4.69, 9.17) is 5.11 Å². The predicted octanol–water partition coefficient (Wildman–Crippen LogP) is 2.56. The van der Waals surface area contributed by atoms with Crippen LogP contribution in [0.25, 0.3) is 0 Å². The molecule has 19 heavy (non-hydrogen) atoms. The van der Waals surface area contributed by atoms with Crippen LogP contribution in [0.3, 0.4) is 0 Å². The Balaban J connectivity index is 2.10. The minimum absolute atomic E-state index is 0.0336. The van der Waals surface area contributed by atoms with E-state index in [1.165, 1.54) is 6.07 Å². The first kappa shape index (κ1) is 13.8. The largest absolute Gasteiger partial charge is 0.477 e. The summed E-state index contributed by atoms with van der Waals surface area (Å²) in [6.45, 7) is 0. The monoisotopic (exact) mass is 296 g/mol. The average Bonchev–Trinajstić information content (AvgIpc) is 2.77. The Hall–Kier alpha value is -1.66. The van der Waals surface area contributed by atoms with Gasteiger partial charge in [-0.25, -0.2) is 13.2 Å². The van der Waals surface area contributed by atoms with Crippen molar-refractivity contribution in [1.82, 2.24) is 0 Å². The van der Waals surface area contributed by atoms with E-state index < -0.39 is 15.8 Å². The van der Waals surface area contributed by atoms with Gasteiger partial charge >= 0.3 is 5.97 Å². The van der Waals surface area contributed by atoms with Gasteiger partial charge in [0, 0.05) is 4.88 Å². The van der Waals surface area contributed by atoms with Gasteiger partial charge in [-0.2, -0.15) is 0 Å². The van der Waals surface area contributed by atoms with Crippen LogP contribution in [0.4, 0.5) is 0 Å². The Morgan fingerprint density at radius 2 is 1.74 bits per heavy atom. The Bertz CT molecular complexity index is 672. The molecule has 0 amide bonds. The van der Waals surface area contributed by atoms with E-state index in [0.717, 1.165) is 16.9 Å². The summed E-state index contributed by atoms with van der Waals surface area (Å²) < 4.78 is 24.0. The number of sulfone groups is 1. The molecule has 0 unspecified atom stereocenters. The van der Waals surface area contributed by atoms with Crippen LogP contribution in [0.5, 0.6) is 0 Å². The van der Waals surface area contributed by atoms with Crippen LogP contribution in [0.2, 0.25) is 0 Å². The fourth-order valence-electron chi connectivity index (χ4n) is 1.67. The van der Waals surface area contributed by atoms with Crippen LogP contribution in [0, 0.1) is 0 Å². The Morgan fingerprint density at radius 3 is 2.32 bits per heavy atom. The predicted molar refractivity (Wildman–Crippen MR) is 74.0 cm³/mol. The minimum atomic E-state index is -3.28. The van der Waals surface area contributed by atoms with Crippen LogP contribution in [-0.4, -0.2) is 19.5 Å². The second-order valence-corrected chi connectivity index (χ2v) is 7.32. The SMILES string of the molecule is O=C(O)c1ccc(CS(=O)(=O)Cc2ccccc2)s1. The van der Waals surface area contributed by atoms with Gasteiger partial charge in [-0.05, 0) is 17.7 Å². The van der Waals surface area contributed by atoms with Gasteiger partial charge in [0.1, 0.15) is 4.88 Å². The maximum Gasteiger partial charge on any atom is 0.345 e. The van der Waals surface area contributed by atoms with Crippen molar-refractivity contribution in [2.75, 3.05) is 0 Å². The number of hydrogen-bond acceptors (Lipinski definition) is 4. The van der Waals surface area contributed by atoms with E-state index in [1.54, 1.807) is 30.3 Å². The zero-order chi connectivity index (χ0) is 13.9. The number of aromatic carboxylic acids is 1. The van der Waals surface area contributed by atoms with E-state index in [2.05, 4.69) is 0 Å². The highest BCUT2D eigenvalue weighted by Crippen LogP contribution is 2.20.